The SMILES string of the molecule is CC(ON=[N+]=[N-])C(NC(=O)CCNC(=O)C1NCCc2ccccc21)C(=O)C1CC(=O)N(N)C1=O.c1ccccc1. The number of nitrogens with one attached hydrogen (secondary N) is 3. The third-order valence-electron chi connectivity index (χ3n) is 6.56. The Balaban J connectivity index is 0.000000681. The zero-order valence-electron chi connectivity index (χ0n) is 22.4. The number of hydrogen-bond acceptors (Lipinski definition) is 9. The number of Topliss-reactive ketones (excluding diaryl/α,β-unsaturated/α-hetero) is 1. The summed E-state index contributed by atoms with van der Waals surface area (Å²) in [5, 5.41) is 11.6. The first-order chi connectivity index (χ1) is 19.7. The summed E-state index contributed by atoms with van der Waals surface area (Å²) < 4.78 is 0. The second-order valence-corrected chi connectivity index (χ2v) is 9.32. The van der Waals surface area contributed by atoms with Gasteiger partial charge in [-0.15, -0.1) is 0 Å². The van der Waals surface area contributed by atoms with Crippen LogP contribution in [0.5, 0.6) is 0 Å². The van der Waals surface area contributed by atoms with E-state index in [1.54, 1.807) is 0 Å². The van der Waals surface area contributed by atoms with E-state index in [1.165, 1.54) is 6.92 Å². The highest BCUT2D eigenvalue weighted by atomic mass is 16.7. The van der Waals surface area contributed by atoms with E-state index < -0.39 is 54.0 Å². The van der Waals surface area contributed by atoms with Crippen LogP contribution in [0, 0.1) is 5.92 Å². The van der Waals surface area contributed by atoms with Crippen LogP contribution in [-0.2, 0) is 35.2 Å². The van der Waals surface area contributed by atoms with Crippen molar-refractivity contribution in [3.63, 3.8) is 0 Å². The van der Waals surface area contributed by atoms with Crippen molar-refractivity contribution in [3.05, 3.63) is 82.2 Å². The Morgan fingerprint density at radius 2 is 1.80 bits per heavy atom. The topological polar surface area (TPSA) is 209 Å². The van der Waals surface area contributed by atoms with Gasteiger partial charge in [0, 0.05) is 30.8 Å². The largest absolute Gasteiger partial charge is 0.428 e. The average molecular weight is 565 g/mol. The zero-order chi connectivity index (χ0) is 29.8. The summed E-state index contributed by atoms with van der Waals surface area (Å²) in [6.07, 6.45) is -0.959. The maximum atomic E-state index is 12.9. The van der Waals surface area contributed by atoms with Crippen molar-refractivity contribution in [2.75, 3.05) is 13.1 Å². The second-order valence-electron chi connectivity index (χ2n) is 9.32. The van der Waals surface area contributed by atoms with Gasteiger partial charge in [0.15, 0.2) is 5.78 Å². The van der Waals surface area contributed by atoms with Crippen LogP contribution in [-0.4, -0.2) is 59.7 Å². The molecule has 1 fully saturated rings. The Hall–Kier alpha value is -4.78. The van der Waals surface area contributed by atoms with Gasteiger partial charge in [0.25, 0.3) is 5.91 Å². The molecular weight excluding hydrogens is 532 g/mol. The smallest absolute Gasteiger partial charge is 0.254 e. The number of imide groups is 1. The van der Waals surface area contributed by atoms with Gasteiger partial charge in [-0.2, -0.15) is 0 Å². The zero-order valence-corrected chi connectivity index (χ0v) is 22.4. The lowest BCUT2D eigenvalue weighted by atomic mass is 9.93. The monoisotopic (exact) mass is 564 g/mol. The minimum Gasteiger partial charge on any atom is -0.428 e. The summed E-state index contributed by atoms with van der Waals surface area (Å²) in [7, 11) is 0. The van der Waals surface area contributed by atoms with Crippen molar-refractivity contribution in [2.24, 2.45) is 17.0 Å². The first-order valence-corrected chi connectivity index (χ1v) is 13.0. The molecule has 2 heterocycles. The van der Waals surface area contributed by atoms with Crippen LogP contribution in [0.2, 0.25) is 0 Å². The molecule has 2 aliphatic heterocycles. The van der Waals surface area contributed by atoms with Crippen LogP contribution >= 0.6 is 0 Å². The molecule has 2 aliphatic rings. The molecule has 2 aromatic carbocycles. The molecule has 216 valence electrons. The number of ketones is 1. The maximum absolute atomic E-state index is 12.9. The highest BCUT2D eigenvalue weighted by Crippen LogP contribution is 2.23. The summed E-state index contributed by atoms with van der Waals surface area (Å²) in [5.41, 5.74) is 10.4. The van der Waals surface area contributed by atoms with Gasteiger partial charge in [0.2, 0.25) is 17.7 Å². The van der Waals surface area contributed by atoms with Gasteiger partial charge in [-0.3, -0.25) is 24.0 Å². The van der Waals surface area contributed by atoms with Gasteiger partial charge < -0.3 is 20.8 Å². The molecule has 0 bridgehead atoms. The van der Waals surface area contributed by atoms with Crippen LogP contribution in [0.25, 0.3) is 10.4 Å². The van der Waals surface area contributed by atoms with Crippen molar-refractivity contribution >= 4 is 29.4 Å². The van der Waals surface area contributed by atoms with Crippen LogP contribution in [0.4, 0.5) is 0 Å². The Labute approximate surface area is 236 Å². The molecule has 4 amide bonds. The third-order valence-corrected chi connectivity index (χ3v) is 6.56. The van der Waals surface area contributed by atoms with E-state index in [2.05, 4.69) is 26.1 Å². The second kappa shape index (κ2) is 15.1. The van der Waals surface area contributed by atoms with Gasteiger partial charge in [-0.1, -0.05) is 60.7 Å². The van der Waals surface area contributed by atoms with Crippen molar-refractivity contribution in [3.8, 4) is 0 Å². The molecule has 2 aromatic rings. The van der Waals surface area contributed by atoms with Crippen LogP contribution in [0.15, 0.2) is 65.9 Å². The van der Waals surface area contributed by atoms with E-state index in [-0.39, 0.29) is 18.9 Å². The quantitative estimate of drug-likeness (QED) is 0.0477. The number of carbonyl (C=O) groups is 5. The fraction of sp³-hybridized carbons (Fsp3) is 0.370. The number of azide groups is 1. The normalized spacial score (nSPS) is 18.9. The Morgan fingerprint density at radius 3 is 2.41 bits per heavy atom. The molecule has 1 saturated heterocycles. The lowest BCUT2D eigenvalue weighted by molar-refractivity contribution is -0.143. The number of hydrogen-bond donors (Lipinski definition) is 4. The lowest BCUT2D eigenvalue weighted by Gasteiger charge is -2.26. The molecule has 14 nitrogen and oxygen atoms in total. The predicted octanol–water partition coefficient (Wildman–Crippen LogP) is 0.999. The number of nitrogens with two attached hydrogens (primary N) is 1. The van der Waals surface area contributed by atoms with Gasteiger partial charge in [-0.05, 0) is 30.0 Å². The number of rotatable bonds is 10. The van der Waals surface area contributed by atoms with Gasteiger partial charge in [-0.25, -0.2) is 10.9 Å². The molecule has 0 aromatic heterocycles. The molecule has 5 N–H and O–H groups in total. The van der Waals surface area contributed by atoms with Crippen molar-refractivity contribution < 1.29 is 28.8 Å². The minimum atomic E-state index is -1.40. The Kier molecular flexibility index (Phi) is 11.3. The molecule has 0 aliphatic carbocycles. The summed E-state index contributed by atoms with van der Waals surface area (Å²) >= 11 is 0. The summed E-state index contributed by atoms with van der Waals surface area (Å²) in [6.45, 7) is 1.98. The highest BCUT2D eigenvalue weighted by Gasteiger charge is 2.45. The van der Waals surface area contributed by atoms with Crippen LogP contribution in [0.1, 0.15) is 36.9 Å². The maximum Gasteiger partial charge on any atom is 0.254 e. The minimum absolute atomic E-state index is 0.0189. The van der Waals surface area contributed by atoms with E-state index >= 15 is 0 Å². The number of nitrogens with zero attached hydrogens (tertiary/aromatic N) is 4. The first-order valence-electron chi connectivity index (χ1n) is 13.0. The Bertz CT molecular complexity index is 1270. The van der Waals surface area contributed by atoms with Crippen molar-refractivity contribution in [1.82, 2.24) is 21.0 Å². The van der Waals surface area contributed by atoms with Crippen molar-refractivity contribution in [1.29, 1.82) is 0 Å². The number of benzene rings is 2. The molecule has 0 saturated carbocycles. The first kappa shape index (κ1) is 30.8. The van der Waals surface area contributed by atoms with E-state index in [9.17, 15) is 24.0 Å². The van der Waals surface area contributed by atoms with Crippen LogP contribution < -0.4 is 21.8 Å². The number of fused-ring (bicyclic) bond motifs is 1. The molecular formula is C27H32N8O6. The van der Waals surface area contributed by atoms with E-state index in [1.807, 2.05) is 60.7 Å². The number of amides is 4. The molecule has 0 radical (unpaired) electrons. The fourth-order valence-corrected chi connectivity index (χ4v) is 4.44. The van der Waals surface area contributed by atoms with Crippen molar-refractivity contribution in [2.45, 2.75) is 44.4 Å². The average Bonchev–Trinajstić information content (AvgIpc) is 3.26. The summed E-state index contributed by atoms with van der Waals surface area (Å²) in [5.74, 6) is 0.584. The summed E-state index contributed by atoms with van der Waals surface area (Å²) in [4.78, 5) is 69.2. The fourth-order valence-electron chi connectivity index (χ4n) is 4.44. The molecule has 14 heteroatoms. The third kappa shape index (κ3) is 8.35. The molecule has 41 heavy (non-hydrogen) atoms. The molecule has 4 rings (SSSR count). The predicted molar refractivity (Wildman–Crippen MR) is 146 cm³/mol. The van der Waals surface area contributed by atoms with Gasteiger partial charge in [0.1, 0.15) is 29.4 Å². The number of hydrazine groups is 1. The van der Waals surface area contributed by atoms with E-state index in [4.69, 9.17) is 16.2 Å². The van der Waals surface area contributed by atoms with Gasteiger partial charge in [0.05, 0.1) is 0 Å². The van der Waals surface area contributed by atoms with E-state index in [0.29, 0.717) is 11.6 Å². The highest BCUT2D eigenvalue weighted by molar-refractivity contribution is 6.15. The molecule has 0 spiro atoms. The van der Waals surface area contributed by atoms with E-state index in [0.717, 1.165) is 17.5 Å². The Morgan fingerprint density at radius 1 is 1.15 bits per heavy atom. The molecule has 4 unspecified atom stereocenters. The summed E-state index contributed by atoms with van der Waals surface area (Å²) in [6, 6.07) is 17.7. The number of carbonyl (C=O) groups excluding carboxylic acids is 5. The lowest BCUT2D eigenvalue weighted by Crippen LogP contribution is -2.52. The van der Waals surface area contributed by atoms with Gasteiger partial charge >= 0.3 is 0 Å². The standard InChI is InChI=1S/C21H26N8O6.C6H6/c1-11(35-28-27-22)17(19(32)14-10-16(31)29(23)21(14)34)26-15(30)7-9-25-20(33)18-13-5-3-2-4-12(13)6-8-24-18;1-2-4-6-5-3-1/h2-5,11,14,17-18,24H,6-10,23H2,1H3,(H,25,33)(H,26,30);1-6H. The molecule has 4 atom stereocenters. The van der Waals surface area contributed by atoms with Crippen LogP contribution in [0.3, 0.4) is 0 Å².